The monoisotopic (exact) mass is 220 g/mol. The highest BCUT2D eigenvalue weighted by atomic mass is 16.5. The molecule has 0 fully saturated rings. The van der Waals surface area contributed by atoms with Crippen molar-refractivity contribution in [1.82, 2.24) is 0 Å². The van der Waals surface area contributed by atoms with E-state index in [9.17, 15) is 0 Å². The van der Waals surface area contributed by atoms with E-state index in [1.807, 2.05) is 19.9 Å². The molecule has 1 unspecified atom stereocenters. The number of nitrogen functional groups attached to an aromatic ring is 1. The zero-order chi connectivity index (χ0) is 12.0. The molecule has 1 atom stereocenters. The van der Waals surface area contributed by atoms with Gasteiger partial charge in [-0.1, -0.05) is 0 Å². The molecule has 0 amide bonds. The van der Waals surface area contributed by atoms with Crippen LogP contribution in [0.15, 0.2) is 18.2 Å². The molecule has 86 valence electrons. The van der Waals surface area contributed by atoms with Crippen LogP contribution in [-0.2, 0) is 4.74 Å². The summed E-state index contributed by atoms with van der Waals surface area (Å²) in [5.74, 6) is 0.534. The summed E-state index contributed by atoms with van der Waals surface area (Å²) in [7, 11) is 0. The molecule has 0 radical (unpaired) electrons. The van der Waals surface area contributed by atoms with Crippen LogP contribution in [0.3, 0.4) is 0 Å². The number of hydrogen-bond donors (Lipinski definition) is 1. The van der Waals surface area contributed by atoms with Crippen molar-refractivity contribution < 1.29 is 9.47 Å². The zero-order valence-corrected chi connectivity index (χ0v) is 9.56. The van der Waals surface area contributed by atoms with Crippen molar-refractivity contribution in [2.75, 3.05) is 18.9 Å². The maximum Gasteiger partial charge on any atom is 0.144 e. The van der Waals surface area contributed by atoms with Gasteiger partial charge in [0.2, 0.25) is 0 Å². The number of ether oxygens (including phenoxy) is 2. The molecule has 0 aliphatic carbocycles. The van der Waals surface area contributed by atoms with E-state index in [1.54, 1.807) is 18.2 Å². The molecule has 0 saturated carbocycles. The molecule has 0 saturated heterocycles. The fraction of sp³-hybridized carbons (Fsp3) is 0.417. The number of nitrogens with zero attached hydrogens (tertiary/aromatic N) is 1. The molecule has 1 aromatic rings. The normalized spacial score (nSPS) is 11.8. The Bertz CT molecular complexity index is 385. The van der Waals surface area contributed by atoms with Crippen LogP contribution in [0.25, 0.3) is 0 Å². The highest BCUT2D eigenvalue weighted by molar-refractivity contribution is 5.56. The molecule has 0 aromatic heterocycles. The van der Waals surface area contributed by atoms with Gasteiger partial charge in [0.1, 0.15) is 11.9 Å². The minimum absolute atomic E-state index is 0.0869. The summed E-state index contributed by atoms with van der Waals surface area (Å²) in [6.45, 7) is 4.99. The number of anilines is 1. The summed E-state index contributed by atoms with van der Waals surface area (Å²) in [5, 5.41) is 8.76. The second kappa shape index (κ2) is 5.99. The molecule has 1 aromatic carbocycles. The third-order valence-corrected chi connectivity index (χ3v) is 2.03. The van der Waals surface area contributed by atoms with Gasteiger partial charge in [0, 0.05) is 12.7 Å². The van der Waals surface area contributed by atoms with Gasteiger partial charge >= 0.3 is 0 Å². The Balaban J connectivity index is 2.69. The van der Waals surface area contributed by atoms with Gasteiger partial charge in [-0.2, -0.15) is 5.26 Å². The molecule has 0 aliphatic heterocycles. The van der Waals surface area contributed by atoms with Crippen LogP contribution in [0.1, 0.15) is 19.4 Å². The maximum atomic E-state index is 8.76. The third kappa shape index (κ3) is 3.44. The van der Waals surface area contributed by atoms with Crippen molar-refractivity contribution in [3.8, 4) is 11.8 Å². The van der Waals surface area contributed by atoms with Gasteiger partial charge < -0.3 is 15.2 Å². The van der Waals surface area contributed by atoms with Crippen molar-refractivity contribution in [2.45, 2.75) is 20.0 Å². The largest absolute Gasteiger partial charge is 0.486 e. The Hall–Kier alpha value is -1.73. The van der Waals surface area contributed by atoms with E-state index in [4.69, 9.17) is 20.5 Å². The Morgan fingerprint density at radius 2 is 2.25 bits per heavy atom. The molecule has 0 aliphatic rings. The molecule has 4 nitrogen and oxygen atoms in total. The van der Waals surface area contributed by atoms with E-state index in [2.05, 4.69) is 0 Å². The average Bonchev–Trinajstić information content (AvgIpc) is 2.29. The van der Waals surface area contributed by atoms with Crippen molar-refractivity contribution in [3.05, 3.63) is 23.8 Å². The standard InChI is InChI=1S/C12H16N2O2/c1-3-15-8-9(2)16-12-6-10(7-13)4-5-11(12)14/h4-6,9H,3,8,14H2,1-2H3. The van der Waals surface area contributed by atoms with Gasteiger partial charge in [0.25, 0.3) is 0 Å². The van der Waals surface area contributed by atoms with Crippen molar-refractivity contribution >= 4 is 5.69 Å². The predicted octanol–water partition coefficient (Wildman–Crippen LogP) is 1.94. The van der Waals surface area contributed by atoms with Crippen LogP contribution in [0.2, 0.25) is 0 Å². The number of nitrogens with two attached hydrogens (primary N) is 1. The van der Waals surface area contributed by atoms with Gasteiger partial charge in [-0.3, -0.25) is 0 Å². The van der Waals surface area contributed by atoms with Crippen LogP contribution < -0.4 is 10.5 Å². The highest BCUT2D eigenvalue weighted by Crippen LogP contribution is 2.23. The lowest BCUT2D eigenvalue weighted by Crippen LogP contribution is -2.19. The van der Waals surface area contributed by atoms with Crippen LogP contribution in [0.4, 0.5) is 5.69 Å². The first-order valence-corrected chi connectivity index (χ1v) is 5.21. The third-order valence-electron chi connectivity index (χ3n) is 2.03. The molecule has 0 bridgehead atoms. The Labute approximate surface area is 95.6 Å². The maximum absolute atomic E-state index is 8.76. The predicted molar refractivity (Wildman–Crippen MR) is 62.2 cm³/mol. The second-order valence-electron chi connectivity index (χ2n) is 3.45. The van der Waals surface area contributed by atoms with Gasteiger partial charge in [-0.15, -0.1) is 0 Å². The first-order chi connectivity index (χ1) is 7.67. The Kier molecular flexibility index (Phi) is 4.62. The summed E-state index contributed by atoms with van der Waals surface area (Å²) in [6, 6.07) is 7.01. The molecular formula is C12H16N2O2. The Morgan fingerprint density at radius 1 is 1.50 bits per heavy atom. The minimum Gasteiger partial charge on any atom is -0.486 e. The number of rotatable bonds is 5. The van der Waals surface area contributed by atoms with Crippen LogP contribution >= 0.6 is 0 Å². The summed E-state index contributed by atoms with van der Waals surface area (Å²) in [4.78, 5) is 0. The molecule has 0 spiro atoms. The number of hydrogen-bond acceptors (Lipinski definition) is 4. The van der Waals surface area contributed by atoms with Gasteiger partial charge in [-0.05, 0) is 26.0 Å². The topological polar surface area (TPSA) is 68.3 Å². The van der Waals surface area contributed by atoms with Crippen molar-refractivity contribution in [2.24, 2.45) is 0 Å². The number of nitriles is 1. The first kappa shape index (κ1) is 12.3. The van der Waals surface area contributed by atoms with E-state index in [1.165, 1.54) is 0 Å². The Morgan fingerprint density at radius 3 is 2.88 bits per heavy atom. The molecule has 0 heterocycles. The SMILES string of the molecule is CCOCC(C)Oc1cc(C#N)ccc1N. The highest BCUT2D eigenvalue weighted by Gasteiger charge is 2.07. The zero-order valence-electron chi connectivity index (χ0n) is 9.56. The fourth-order valence-corrected chi connectivity index (χ4v) is 1.24. The molecule has 4 heteroatoms. The van der Waals surface area contributed by atoms with E-state index >= 15 is 0 Å². The number of benzene rings is 1. The summed E-state index contributed by atoms with van der Waals surface area (Å²) < 4.78 is 10.8. The van der Waals surface area contributed by atoms with Crippen molar-refractivity contribution in [3.63, 3.8) is 0 Å². The van der Waals surface area contributed by atoms with Gasteiger partial charge in [0.15, 0.2) is 0 Å². The lowest BCUT2D eigenvalue weighted by molar-refractivity contribution is 0.0661. The summed E-state index contributed by atoms with van der Waals surface area (Å²) in [5.41, 5.74) is 6.81. The smallest absolute Gasteiger partial charge is 0.144 e. The van der Waals surface area contributed by atoms with Gasteiger partial charge in [-0.25, -0.2) is 0 Å². The molecule has 2 N–H and O–H groups in total. The lowest BCUT2D eigenvalue weighted by atomic mass is 10.2. The van der Waals surface area contributed by atoms with Crippen molar-refractivity contribution in [1.29, 1.82) is 5.26 Å². The average molecular weight is 220 g/mol. The van der Waals surface area contributed by atoms with Crippen LogP contribution in [0.5, 0.6) is 5.75 Å². The first-order valence-electron chi connectivity index (χ1n) is 5.21. The van der Waals surface area contributed by atoms with Gasteiger partial charge in [0.05, 0.1) is 23.9 Å². The molecule has 16 heavy (non-hydrogen) atoms. The quantitative estimate of drug-likeness (QED) is 0.770. The van der Waals surface area contributed by atoms with E-state index < -0.39 is 0 Å². The van der Waals surface area contributed by atoms with E-state index in [-0.39, 0.29) is 6.10 Å². The van der Waals surface area contributed by atoms with E-state index in [0.29, 0.717) is 30.2 Å². The fourth-order valence-electron chi connectivity index (χ4n) is 1.24. The van der Waals surface area contributed by atoms with Crippen LogP contribution in [-0.4, -0.2) is 19.3 Å². The van der Waals surface area contributed by atoms with E-state index in [0.717, 1.165) is 0 Å². The minimum atomic E-state index is -0.0869. The summed E-state index contributed by atoms with van der Waals surface area (Å²) >= 11 is 0. The second-order valence-corrected chi connectivity index (χ2v) is 3.45. The summed E-state index contributed by atoms with van der Waals surface area (Å²) in [6.07, 6.45) is -0.0869. The molecular weight excluding hydrogens is 204 g/mol. The molecule has 1 rings (SSSR count). The lowest BCUT2D eigenvalue weighted by Gasteiger charge is -2.16. The van der Waals surface area contributed by atoms with Crippen LogP contribution in [0, 0.1) is 11.3 Å².